The summed E-state index contributed by atoms with van der Waals surface area (Å²) in [6.07, 6.45) is 1.58. The van der Waals surface area contributed by atoms with Crippen molar-refractivity contribution in [2.75, 3.05) is 51.2 Å². The summed E-state index contributed by atoms with van der Waals surface area (Å²) < 4.78 is 2.92. The van der Waals surface area contributed by atoms with E-state index in [0.717, 1.165) is 36.4 Å². The Bertz CT molecular complexity index is 1450. The third kappa shape index (κ3) is 3.20. The van der Waals surface area contributed by atoms with Gasteiger partial charge in [-0.3, -0.25) is 14.0 Å². The number of carbonyl (C=O) groups is 1. The molecular weight excluding hydrogens is 438 g/mol. The van der Waals surface area contributed by atoms with Gasteiger partial charge in [-0.1, -0.05) is 12.1 Å². The van der Waals surface area contributed by atoms with Crippen LogP contribution in [-0.4, -0.2) is 71.5 Å². The van der Waals surface area contributed by atoms with Gasteiger partial charge in [0.25, 0.3) is 5.91 Å². The minimum absolute atomic E-state index is 0.118. The van der Waals surface area contributed by atoms with Crippen LogP contribution < -0.4 is 21.4 Å². The molecule has 0 radical (unpaired) electrons. The molecule has 0 spiro atoms. The molecule has 0 aliphatic carbocycles. The smallest absolute Gasteiger partial charge is 0.258 e. The standard InChI is InChI=1S/C23H25N7O2S/c1-28-9-13-11-29(12-14(13)10-28)23-26-8-15-19(31)18(21(32)25-7-6-24)22-30(20(15)27-23)16-4-2-3-5-17(16)33-22/h2-5,8,13-14H,6-7,9-12,24H2,1H3,(H,25,32). The van der Waals surface area contributed by atoms with Gasteiger partial charge in [0.2, 0.25) is 11.4 Å². The second kappa shape index (κ2) is 7.75. The first kappa shape index (κ1) is 20.5. The number of carbonyl (C=O) groups excluding carboxylic acids is 1. The number of para-hydroxylation sites is 1. The van der Waals surface area contributed by atoms with Crippen LogP contribution in [0.4, 0.5) is 5.95 Å². The number of amides is 1. The Morgan fingerprint density at radius 3 is 2.73 bits per heavy atom. The van der Waals surface area contributed by atoms with Gasteiger partial charge in [0.05, 0.1) is 15.6 Å². The topological polar surface area (TPSA) is 109 Å². The van der Waals surface area contributed by atoms with E-state index in [1.807, 2.05) is 28.7 Å². The van der Waals surface area contributed by atoms with E-state index in [2.05, 4.69) is 27.1 Å². The molecule has 2 aliphatic heterocycles. The van der Waals surface area contributed by atoms with E-state index in [1.165, 1.54) is 11.3 Å². The number of fused-ring (bicyclic) bond motifs is 6. The summed E-state index contributed by atoms with van der Waals surface area (Å²) in [4.78, 5) is 41.1. The van der Waals surface area contributed by atoms with E-state index in [4.69, 9.17) is 10.7 Å². The molecule has 2 aliphatic rings. The molecule has 2 atom stereocenters. The number of nitrogens with two attached hydrogens (primary N) is 1. The fraction of sp³-hybridized carbons (Fsp3) is 0.391. The quantitative estimate of drug-likeness (QED) is 0.467. The van der Waals surface area contributed by atoms with Crippen molar-refractivity contribution < 1.29 is 4.79 Å². The number of anilines is 1. The maximum Gasteiger partial charge on any atom is 0.258 e. The summed E-state index contributed by atoms with van der Waals surface area (Å²) in [5, 5.41) is 3.09. The molecule has 33 heavy (non-hydrogen) atoms. The van der Waals surface area contributed by atoms with Crippen LogP contribution in [-0.2, 0) is 0 Å². The number of hydrogen-bond acceptors (Lipinski definition) is 8. The van der Waals surface area contributed by atoms with Gasteiger partial charge >= 0.3 is 0 Å². The van der Waals surface area contributed by atoms with Crippen molar-refractivity contribution in [3.8, 4) is 0 Å². The van der Waals surface area contributed by atoms with Crippen LogP contribution in [0.5, 0.6) is 0 Å². The Kier molecular flexibility index (Phi) is 4.82. The largest absolute Gasteiger partial charge is 0.351 e. The van der Waals surface area contributed by atoms with E-state index in [-0.39, 0.29) is 11.0 Å². The van der Waals surface area contributed by atoms with Gasteiger partial charge in [0.15, 0.2) is 5.65 Å². The van der Waals surface area contributed by atoms with Crippen LogP contribution in [0.2, 0.25) is 0 Å². The summed E-state index contributed by atoms with van der Waals surface area (Å²) in [5.74, 6) is 1.46. The molecule has 5 heterocycles. The van der Waals surface area contributed by atoms with Gasteiger partial charge in [-0.2, -0.15) is 4.98 Å². The highest BCUT2D eigenvalue weighted by molar-refractivity contribution is 7.24. The number of nitrogens with zero attached hydrogens (tertiary/aromatic N) is 5. The van der Waals surface area contributed by atoms with Crippen LogP contribution >= 0.6 is 11.3 Å². The lowest BCUT2D eigenvalue weighted by Crippen LogP contribution is -2.33. The number of nitrogens with one attached hydrogen (secondary N) is 1. The fourth-order valence-corrected chi connectivity index (χ4v) is 6.49. The first-order valence-corrected chi connectivity index (χ1v) is 12.0. The predicted molar refractivity (Wildman–Crippen MR) is 130 cm³/mol. The zero-order valence-electron chi connectivity index (χ0n) is 18.3. The molecule has 0 saturated carbocycles. The lowest BCUT2D eigenvalue weighted by molar-refractivity contribution is 0.0955. The minimum Gasteiger partial charge on any atom is -0.351 e. The Balaban J connectivity index is 1.55. The molecule has 2 saturated heterocycles. The van der Waals surface area contributed by atoms with Crippen LogP contribution in [0.15, 0.2) is 35.3 Å². The third-order valence-electron chi connectivity index (χ3n) is 6.78. The molecule has 10 heteroatoms. The number of likely N-dealkylation sites (tertiary alicyclic amines) is 1. The highest BCUT2D eigenvalue weighted by Crippen LogP contribution is 2.34. The number of benzene rings is 1. The maximum atomic E-state index is 13.5. The molecule has 0 bridgehead atoms. The zero-order chi connectivity index (χ0) is 22.7. The Morgan fingerprint density at radius 1 is 1.21 bits per heavy atom. The Morgan fingerprint density at radius 2 is 1.97 bits per heavy atom. The van der Waals surface area contributed by atoms with Crippen LogP contribution in [0, 0.1) is 11.8 Å². The minimum atomic E-state index is -0.419. The van der Waals surface area contributed by atoms with E-state index in [1.54, 1.807) is 6.20 Å². The van der Waals surface area contributed by atoms with Gasteiger partial charge in [-0.25, -0.2) is 4.98 Å². The second-order valence-electron chi connectivity index (χ2n) is 9.01. The third-order valence-corrected chi connectivity index (χ3v) is 7.92. The molecule has 170 valence electrons. The molecule has 3 aromatic heterocycles. The lowest BCUT2D eigenvalue weighted by atomic mass is 10.0. The van der Waals surface area contributed by atoms with Crippen molar-refractivity contribution >= 4 is 49.3 Å². The van der Waals surface area contributed by atoms with Crippen LogP contribution in [0.3, 0.4) is 0 Å². The van der Waals surface area contributed by atoms with Gasteiger partial charge in [-0.15, -0.1) is 11.3 Å². The molecule has 1 aromatic carbocycles. The van der Waals surface area contributed by atoms with E-state index < -0.39 is 5.91 Å². The van der Waals surface area contributed by atoms with Gasteiger partial charge in [-0.05, 0) is 31.0 Å². The van der Waals surface area contributed by atoms with Crippen molar-refractivity contribution in [2.45, 2.75) is 0 Å². The summed E-state index contributed by atoms with van der Waals surface area (Å²) in [6.45, 7) is 4.63. The normalized spacial score (nSPS) is 20.8. The second-order valence-corrected chi connectivity index (χ2v) is 10.0. The van der Waals surface area contributed by atoms with Gasteiger partial charge in [0.1, 0.15) is 10.4 Å². The van der Waals surface area contributed by atoms with Crippen molar-refractivity contribution in [1.82, 2.24) is 24.6 Å². The summed E-state index contributed by atoms with van der Waals surface area (Å²) in [6, 6.07) is 7.88. The highest BCUT2D eigenvalue weighted by atomic mass is 32.1. The van der Waals surface area contributed by atoms with Gasteiger partial charge < -0.3 is 20.9 Å². The molecule has 4 aromatic rings. The predicted octanol–water partition coefficient (Wildman–Crippen LogP) is 1.14. The summed E-state index contributed by atoms with van der Waals surface area (Å²) >= 11 is 1.42. The van der Waals surface area contributed by atoms with Crippen LogP contribution in [0.1, 0.15) is 10.4 Å². The van der Waals surface area contributed by atoms with Crippen molar-refractivity contribution in [1.29, 1.82) is 0 Å². The number of thiazole rings is 1. The molecule has 9 nitrogen and oxygen atoms in total. The molecule has 6 rings (SSSR count). The summed E-state index contributed by atoms with van der Waals surface area (Å²) in [5.41, 5.74) is 6.78. The Hall–Kier alpha value is -3.08. The number of hydrogen-bond donors (Lipinski definition) is 2. The number of pyridine rings is 1. The van der Waals surface area contributed by atoms with Crippen LogP contribution in [0.25, 0.3) is 26.1 Å². The number of rotatable bonds is 4. The molecule has 1 amide bonds. The van der Waals surface area contributed by atoms with E-state index in [9.17, 15) is 9.59 Å². The van der Waals surface area contributed by atoms with E-state index >= 15 is 0 Å². The first-order valence-electron chi connectivity index (χ1n) is 11.2. The lowest BCUT2D eigenvalue weighted by Gasteiger charge is -2.19. The van der Waals surface area contributed by atoms with Gasteiger partial charge in [0, 0.05) is 45.5 Å². The van der Waals surface area contributed by atoms with Crippen molar-refractivity contribution in [3.05, 3.63) is 46.2 Å². The zero-order valence-corrected chi connectivity index (χ0v) is 19.1. The maximum absolute atomic E-state index is 13.5. The highest BCUT2D eigenvalue weighted by Gasteiger charge is 2.39. The molecule has 2 fully saturated rings. The molecule has 2 unspecified atom stereocenters. The molecule has 3 N–H and O–H groups in total. The average Bonchev–Trinajstić information content (AvgIpc) is 3.48. The van der Waals surface area contributed by atoms with Crippen molar-refractivity contribution in [2.24, 2.45) is 17.6 Å². The first-order chi connectivity index (χ1) is 16.0. The average molecular weight is 464 g/mol. The van der Waals surface area contributed by atoms with Crippen molar-refractivity contribution in [3.63, 3.8) is 0 Å². The number of aromatic nitrogens is 3. The Labute approximate surface area is 193 Å². The van der Waals surface area contributed by atoms with E-state index in [0.29, 0.717) is 46.7 Å². The monoisotopic (exact) mass is 463 g/mol. The molecular formula is C23H25N7O2S. The fourth-order valence-electron chi connectivity index (χ4n) is 5.30. The summed E-state index contributed by atoms with van der Waals surface area (Å²) in [7, 11) is 2.17. The SMILES string of the molecule is CN1CC2CN(c3ncc4c(=O)c(C(=O)NCCN)c5sc6ccccc6n5c4n3)CC2C1.